The van der Waals surface area contributed by atoms with Crippen molar-refractivity contribution in [2.75, 3.05) is 18.5 Å². The zero-order valence-corrected chi connectivity index (χ0v) is 9.23. The van der Waals surface area contributed by atoms with E-state index in [-0.39, 0.29) is 6.54 Å². The van der Waals surface area contributed by atoms with Crippen molar-refractivity contribution in [3.05, 3.63) is 29.8 Å². The third-order valence-electron chi connectivity index (χ3n) is 2.10. The summed E-state index contributed by atoms with van der Waals surface area (Å²) in [4.78, 5) is 23.3. The number of aryl methyl sites for hydroxylation is 1. The van der Waals surface area contributed by atoms with E-state index >= 15 is 0 Å². The average Bonchev–Trinajstić information content (AvgIpc) is 2.26. The number of hydrogen-bond donors (Lipinski definition) is 2. The standard InChI is InChI=1S/C11H14N2O3/c1-8-3-5-9(6-4-8)13(7-10(14)15)11(16)12-2/h3-6H,7H2,1-2H3,(H,12,16)(H,14,15). The van der Waals surface area contributed by atoms with Crippen molar-refractivity contribution in [2.45, 2.75) is 6.92 Å². The summed E-state index contributed by atoms with van der Waals surface area (Å²) in [5.74, 6) is -1.05. The number of nitrogens with zero attached hydrogens (tertiary/aromatic N) is 1. The lowest BCUT2D eigenvalue weighted by Crippen LogP contribution is -2.41. The molecule has 1 aromatic rings. The average molecular weight is 222 g/mol. The first kappa shape index (κ1) is 12.0. The fraction of sp³-hybridized carbons (Fsp3) is 0.273. The zero-order chi connectivity index (χ0) is 12.1. The number of nitrogens with one attached hydrogen (secondary N) is 1. The molecule has 0 bridgehead atoms. The number of carbonyl (C=O) groups excluding carboxylic acids is 1. The van der Waals surface area contributed by atoms with Crippen molar-refractivity contribution in [3.63, 3.8) is 0 Å². The molecule has 1 aromatic carbocycles. The molecular formula is C11H14N2O3. The first-order valence-electron chi connectivity index (χ1n) is 4.82. The summed E-state index contributed by atoms with van der Waals surface area (Å²) >= 11 is 0. The Balaban J connectivity index is 2.96. The lowest BCUT2D eigenvalue weighted by molar-refractivity contribution is -0.135. The highest BCUT2D eigenvalue weighted by atomic mass is 16.4. The zero-order valence-electron chi connectivity index (χ0n) is 9.23. The lowest BCUT2D eigenvalue weighted by atomic mass is 10.2. The van der Waals surface area contributed by atoms with Crippen LogP contribution in [0.5, 0.6) is 0 Å². The van der Waals surface area contributed by atoms with Gasteiger partial charge in [-0.05, 0) is 19.1 Å². The molecule has 1 rings (SSSR count). The number of urea groups is 1. The van der Waals surface area contributed by atoms with Gasteiger partial charge in [-0.25, -0.2) is 4.79 Å². The van der Waals surface area contributed by atoms with Gasteiger partial charge in [0.2, 0.25) is 0 Å². The third kappa shape index (κ3) is 2.98. The van der Waals surface area contributed by atoms with E-state index in [9.17, 15) is 9.59 Å². The van der Waals surface area contributed by atoms with Gasteiger partial charge >= 0.3 is 12.0 Å². The molecule has 0 aliphatic carbocycles. The van der Waals surface area contributed by atoms with Gasteiger partial charge in [0, 0.05) is 12.7 Å². The number of hydrogen-bond acceptors (Lipinski definition) is 2. The monoisotopic (exact) mass is 222 g/mol. The second-order valence-electron chi connectivity index (χ2n) is 3.37. The Morgan fingerprint density at radius 1 is 1.31 bits per heavy atom. The van der Waals surface area contributed by atoms with E-state index in [2.05, 4.69) is 5.32 Å². The van der Waals surface area contributed by atoms with Crippen molar-refractivity contribution < 1.29 is 14.7 Å². The van der Waals surface area contributed by atoms with E-state index in [0.29, 0.717) is 5.69 Å². The van der Waals surface area contributed by atoms with Crippen molar-refractivity contribution in [1.29, 1.82) is 0 Å². The van der Waals surface area contributed by atoms with Gasteiger partial charge in [-0.1, -0.05) is 17.7 Å². The van der Waals surface area contributed by atoms with Crippen LogP contribution in [-0.4, -0.2) is 30.7 Å². The number of carbonyl (C=O) groups is 2. The third-order valence-corrected chi connectivity index (χ3v) is 2.10. The van der Waals surface area contributed by atoms with E-state index in [1.807, 2.05) is 19.1 Å². The Bertz CT molecular complexity index is 387. The maximum Gasteiger partial charge on any atom is 0.323 e. The number of aliphatic carboxylic acids is 1. The van der Waals surface area contributed by atoms with E-state index < -0.39 is 12.0 Å². The molecule has 16 heavy (non-hydrogen) atoms. The Morgan fingerprint density at radius 2 is 1.88 bits per heavy atom. The summed E-state index contributed by atoms with van der Waals surface area (Å²) in [7, 11) is 1.46. The Morgan fingerprint density at radius 3 is 2.31 bits per heavy atom. The topological polar surface area (TPSA) is 69.6 Å². The fourth-order valence-electron chi connectivity index (χ4n) is 1.28. The van der Waals surface area contributed by atoms with Crippen molar-refractivity contribution in [1.82, 2.24) is 5.32 Å². The smallest absolute Gasteiger partial charge is 0.323 e. The van der Waals surface area contributed by atoms with Gasteiger partial charge in [-0.15, -0.1) is 0 Å². The predicted molar refractivity (Wildman–Crippen MR) is 60.6 cm³/mol. The molecule has 0 radical (unpaired) electrons. The molecule has 86 valence electrons. The summed E-state index contributed by atoms with van der Waals surface area (Å²) in [6, 6.07) is 6.65. The molecule has 0 saturated heterocycles. The molecule has 0 aliphatic heterocycles. The number of carboxylic acids is 1. The predicted octanol–water partition coefficient (Wildman–Crippen LogP) is 1.23. The second kappa shape index (κ2) is 5.16. The summed E-state index contributed by atoms with van der Waals surface area (Å²) in [6.07, 6.45) is 0. The van der Waals surface area contributed by atoms with E-state index in [1.165, 1.54) is 11.9 Å². The molecular weight excluding hydrogens is 208 g/mol. The van der Waals surface area contributed by atoms with Gasteiger partial charge in [-0.3, -0.25) is 9.69 Å². The van der Waals surface area contributed by atoms with Crippen molar-refractivity contribution in [3.8, 4) is 0 Å². The molecule has 2 amide bonds. The highest BCUT2D eigenvalue weighted by Gasteiger charge is 2.16. The van der Waals surface area contributed by atoms with E-state index in [1.54, 1.807) is 12.1 Å². The molecule has 0 unspecified atom stereocenters. The van der Waals surface area contributed by atoms with Gasteiger partial charge in [0.25, 0.3) is 0 Å². The van der Waals surface area contributed by atoms with Gasteiger partial charge in [0.1, 0.15) is 6.54 Å². The van der Waals surface area contributed by atoms with Crippen LogP contribution in [0.1, 0.15) is 5.56 Å². The second-order valence-corrected chi connectivity index (χ2v) is 3.37. The van der Waals surface area contributed by atoms with Crippen LogP contribution in [0.3, 0.4) is 0 Å². The van der Waals surface area contributed by atoms with Crippen molar-refractivity contribution >= 4 is 17.7 Å². The molecule has 0 atom stereocenters. The fourth-order valence-corrected chi connectivity index (χ4v) is 1.28. The van der Waals surface area contributed by atoms with Crippen molar-refractivity contribution in [2.24, 2.45) is 0 Å². The number of benzene rings is 1. The van der Waals surface area contributed by atoms with Crippen LogP contribution in [0.15, 0.2) is 24.3 Å². The molecule has 5 heteroatoms. The van der Waals surface area contributed by atoms with Crippen LogP contribution in [0, 0.1) is 6.92 Å². The molecule has 0 aromatic heterocycles. The molecule has 0 heterocycles. The maximum absolute atomic E-state index is 11.5. The van der Waals surface area contributed by atoms with Crippen LogP contribution in [0.2, 0.25) is 0 Å². The lowest BCUT2D eigenvalue weighted by Gasteiger charge is -2.20. The summed E-state index contributed by atoms with van der Waals surface area (Å²) < 4.78 is 0. The van der Waals surface area contributed by atoms with Gasteiger partial charge < -0.3 is 10.4 Å². The van der Waals surface area contributed by atoms with E-state index in [4.69, 9.17) is 5.11 Å². The molecule has 0 fully saturated rings. The Kier molecular flexibility index (Phi) is 3.88. The number of carboxylic acid groups (broad SMARTS) is 1. The minimum absolute atomic E-state index is 0.358. The van der Waals surface area contributed by atoms with Crippen LogP contribution in [0.4, 0.5) is 10.5 Å². The SMILES string of the molecule is CNC(=O)N(CC(=O)O)c1ccc(C)cc1. The first-order chi connectivity index (χ1) is 7.54. The largest absolute Gasteiger partial charge is 0.480 e. The normalized spacial score (nSPS) is 9.62. The summed E-state index contributed by atoms with van der Waals surface area (Å²) in [6.45, 7) is 1.56. The van der Waals surface area contributed by atoms with Gasteiger partial charge in [-0.2, -0.15) is 0 Å². The van der Waals surface area contributed by atoms with Crippen LogP contribution >= 0.6 is 0 Å². The molecule has 0 spiro atoms. The Labute approximate surface area is 93.7 Å². The molecule has 2 N–H and O–H groups in total. The summed E-state index contributed by atoms with van der Waals surface area (Å²) in [5, 5.41) is 11.1. The number of anilines is 1. The van der Waals surface area contributed by atoms with Crippen LogP contribution in [-0.2, 0) is 4.79 Å². The highest BCUT2D eigenvalue weighted by Crippen LogP contribution is 2.14. The van der Waals surface area contributed by atoms with Gasteiger partial charge in [0.05, 0.1) is 0 Å². The quantitative estimate of drug-likeness (QED) is 0.808. The van der Waals surface area contributed by atoms with E-state index in [0.717, 1.165) is 5.56 Å². The minimum Gasteiger partial charge on any atom is -0.480 e. The molecule has 5 nitrogen and oxygen atoms in total. The minimum atomic E-state index is -1.05. The highest BCUT2D eigenvalue weighted by molar-refractivity contribution is 5.96. The van der Waals surface area contributed by atoms with Crippen LogP contribution < -0.4 is 10.2 Å². The number of rotatable bonds is 3. The van der Waals surface area contributed by atoms with Crippen LogP contribution in [0.25, 0.3) is 0 Å². The number of amides is 2. The Hall–Kier alpha value is -2.04. The van der Waals surface area contributed by atoms with Gasteiger partial charge in [0.15, 0.2) is 0 Å². The summed E-state index contributed by atoms with van der Waals surface area (Å²) in [5.41, 5.74) is 1.61. The molecule has 0 aliphatic rings. The first-order valence-corrected chi connectivity index (χ1v) is 4.82. The molecule has 0 saturated carbocycles. The maximum atomic E-state index is 11.5.